The van der Waals surface area contributed by atoms with Crippen LogP contribution in [0.4, 0.5) is 5.69 Å². The molecule has 2 aromatic carbocycles. The molecule has 1 atom stereocenters. The number of Topliss-reactive ketones (excluding diaryl/α,β-unsaturated/α-hetero) is 2. The Morgan fingerprint density at radius 2 is 1.62 bits per heavy atom. The molecule has 1 N–H and O–H groups in total. The highest BCUT2D eigenvalue weighted by Crippen LogP contribution is 2.55. The van der Waals surface area contributed by atoms with Crippen LogP contribution in [0.3, 0.4) is 0 Å². The lowest BCUT2D eigenvalue weighted by atomic mass is 9.69. The molecular weight excluding hydrogens is 469 g/mol. The summed E-state index contributed by atoms with van der Waals surface area (Å²) in [6, 6.07) is 17.5. The van der Waals surface area contributed by atoms with Crippen LogP contribution < -0.4 is 4.90 Å². The number of aromatic amines is 1. The van der Waals surface area contributed by atoms with E-state index < -0.39 is 5.92 Å². The summed E-state index contributed by atoms with van der Waals surface area (Å²) in [6.07, 6.45) is 1.06. The number of ketones is 2. The Balaban J connectivity index is 1.71. The predicted molar refractivity (Wildman–Crippen MR) is 133 cm³/mol. The van der Waals surface area contributed by atoms with Gasteiger partial charge in [0.1, 0.15) is 11.0 Å². The van der Waals surface area contributed by atoms with Crippen LogP contribution in [0, 0.1) is 5.41 Å². The summed E-state index contributed by atoms with van der Waals surface area (Å²) in [5.41, 5.74) is 4.95. The van der Waals surface area contributed by atoms with Crippen molar-refractivity contribution < 1.29 is 9.59 Å². The highest BCUT2D eigenvalue weighted by Gasteiger charge is 2.50. The van der Waals surface area contributed by atoms with Gasteiger partial charge in [-0.25, -0.2) is 4.98 Å². The summed E-state index contributed by atoms with van der Waals surface area (Å²) >= 11 is 12.4. The number of hydrogen-bond donors (Lipinski definition) is 1. The maximum atomic E-state index is 13.9. The molecule has 3 aromatic rings. The molecule has 6 rings (SSSR count). The summed E-state index contributed by atoms with van der Waals surface area (Å²) in [6.45, 7) is 4.20. The van der Waals surface area contributed by atoms with E-state index in [1.165, 1.54) is 0 Å². The lowest BCUT2D eigenvalue weighted by Gasteiger charge is -2.44. The maximum Gasteiger partial charge on any atom is 0.192 e. The zero-order chi connectivity index (χ0) is 23.8. The van der Waals surface area contributed by atoms with Gasteiger partial charge in [0.15, 0.2) is 16.7 Å². The van der Waals surface area contributed by atoms with Crippen LogP contribution in [0.25, 0.3) is 5.70 Å². The van der Waals surface area contributed by atoms with Gasteiger partial charge in [-0.3, -0.25) is 9.59 Å². The van der Waals surface area contributed by atoms with Crippen molar-refractivity contribution in [2.24, 2.45) is 5.41 Å². The second-order valence-electron chi connectivity index (χ2n) is 9.77. The zero-order valence-corrected chi connectivity index (χ0v) is 20.2. The van der Waals surface area contributed by atoms with E-state index in [9.17, 15) is 9.59 Å². The quantitative estimate of drug-likeness (QED) is 0.441. The monoisotopic (exact) mass is 489 g/mol. The number of imidazole rings is 1. The SMILES string of the molecule is CC1(C)CC(=O)C2=C(C1)N(c1ccccc1)C1=C(C(=O)c3ccccc31)C2c1nc(Cl)c(Cl)[nH]1. The number of carbonyl (C=O) groups is 2. The van der Waals surface area contributed by atoms with Crippen LogP contribution in [-0.4, -0.2) is 21.5 Å². The van der Waals surface area contributed by atoms with Crippen molar-refractivity contribution in [2.45, 2.75) is 32.6 Å². The van der Waals surface area contributed by atoms with Gasteiger partial charge in [-0.2, -0.15) is 0 Å². The molecule has 0 saturated carbocycles. The number of halogens is 2. The molecule has 0 fully saturated rings. The Morgan fingerprint density at radius 3 is 2.29 bits per heavy atom. The number of aromatic nitrogens is 2. The first kappa shape index (κ1) is 21.4. The molecule has 0 spiro atoms. The molecule has 0 saturated heterocycles. The molecule has 0 amide bonds. The minimum Gasteiger partial charge on any atom is -0.331 e. The largest absolute Gasteiger partial charge is 0.331 e. The number of para-hydroxylation sites is 1. The fourth-order valence-corrected chi connectivity index (χ4v) is 5.80. The van der Waals surface area contributed by atoms with Crippen LogP contribution >= 0.6 is 23.2 Å². The zero-order valence-electron chi connectivity index (χ0n) is 18.7. The summed E-state index contributed by atoms with van der Waals surface area (Å²) < 4.78 is 0. The highest BCUT2D eigenvalue weighted by molar-refractivity contribution is 6.40. The Morgan fingerprint density at radius 1 is 0.941 bits per heavy atom. The molecule has 1 aliphatic heterocycles. The van der Waals surface area contributed by atoms with Crippen LogP contribution in [0.1, 0.15) is 54.4 Å². The molecule has 0 bridgehead atoms. The van der Waals surface area contributed by atoms with Crippen molar-refractivity contribution in [2.75, 3.05) is 4.90 Å². The Labute approximate surface area is 207 Å². The summed E-state index contributed by atoms with van der Waals surface area (Å²) in [4.78, 5) is 37.2. The van der Waals surface area contributed by atoms with Gasteiger partial charge in [-0.05, 0) is 24.0 Å². The van der Waals surface area contributed by atoms with E-state index in [4.69, 9.17) is 23.2 Å². The topological polar surface area (TPSA) is 66.1 Å². The van der Waals surface area contributed by atoms with Crippen LogP contribution in [0.2, 0.25) is 10.3 Å². The molecule has 5 nitrogen and oxygen atoms in total. The molecule has 0 radical (unpaired) electrons. The van der Waals surface area contributed by atoms with E-state index in [2.05, 4.69) is 28.7 Å². The minimum absolute atomic E-state index is 0.0103. The van der Waals surface area contributed by atoms with E-state index in [0.29, 0.717) is 35.4 Å². The van der Waals surface area contributed by atoms with Crippen molar-refractivity contribution >= 4 is 46.2 Å². The van der Waals surface area contributed by atoms with Crippen LogP contribution in [0.15, 0.2) is 71.4 Å². The lowest BCUT2D eigenvalue weighted by Crippen LogP contribution is -2.39. The molecule has 2 heterocycles. The molecule has 1 aromatic heterocycles. The fraction of sp³-hybridized carbons (Fsp3) is 0.222. The number of benzene rings is 2. The van der Waals surface area contributed by atoms with Gasteiger partial charge in [0.2, 0.25) is 0 Å². The van der Waals surface area contributed by atoms with Gasteiger partial charge >= 0.3 is 0 Å². The third-order valence-corrected chi connectivity index (χ3v) is 7.46. The maximum absolute atomic E-state index is 13.9. The third kappa shape index (κ3) is 3.04. The third-order valence-electron chi connectivity index (χ3n) is 6.82. The molecular formula is C27H21Cl2N3O2. The normalized spacial score (nSPS) is 21.1. The average Bonchev–Trinajstić information content (AvgIpc) is 3.29. The lowest BCUT2D eigenvalue weighted by molar-refractivity contribution is -0.118. The Hall–Kier alpha value is -3.15. The van der Waals surface area contributed by atoms with Gasteiger partial charge in [0.05, 0.1) is 11.6 Å². The first-order chi connectivity index (χ1) is 16.3. The van der Waals surface area contributed by atoms with E-state index in [0.717, 1.165) is 22.6 Å². The standard InChI is InChI=1S/C27H21Cl2N3O2/c1-27(2)12-17-19(18(33)13-27)20(26-30-24(28)25(29)31-26)21-22(32(17)14-8-4-3-5-9-14)15-10-6-7-11-16(15)23(21)34/h3-11,20H,12-13H2,1-2H3,(H,30,31). The molecule has 7 heteroatoms. The van der Waals surface area contributed by atoms with Crippen molar-refractivity contribution in [1.82, 2.24) is 9.97 Å². The molecule has 3 aliphatic rings. The van der Waals surface area contributed by atoms with E-state index in [1.807, 2.05) is 54.6 Å². The summed E-state index contributed by atoms with van der Waals surface area (Å²) in [5, 5.41) is 0.316. The van der Waals surface area contributed by atoms with Gasteiger partial charge in [0.25, 0.3) is 0 Å². The van der Waals surface area contributed by atoms with Crippen molar-refractivity contribution in [3.05, 3.63) is 98.7 Å². The van der Waals surface area contributed by atoms with Crippen molar-refractivity contribution in [1.29, 1.82) is 0 Å². The number of carbonyl (C=O) groups excluding carboxylic acids is 2. The molecule has 34 heavy (non-hydrogen) atoms. The van der Waals surface area contributed by atoms with Crippen molar-refractivity contribution in [3.63, 3.8) is 0 Å². The Bertz CT molecular complexity index is 1430. The predicted octanol–water partition coefficient (Wildman–Crippen LogP) is 6.57. The number of hydrogen-bond acceptors (Lipinski definition) is 4. The van der Waals surface area contributed by atoms with Gasteiger partial charge in [-0.1, -0.05) is 79.5 Å². The van der Waals surface area contributed by atoms with E-state index >= 15 is 0 Å². The van der Waals surface area contributed by atoms with Gasteiger partial charge in [-0.15, -0.1) is 0 Å². The molecule has 1 unspecified atom stereocenters. The average molecular weight is 490 g/mol. The number of nitrogens with zero attached hydrogens (tertiary/aromatic N) is 2. The van der Waals surface area contributed by atoms with Crippen LogP contribution in [-0.2, 0) is 4.79 Å². The summed E-state index contributed by atoms with van der Waals surface area (Å²) in [7, 11) is 0. The van der Waals surface area contributed by atoms with E-state index in [-0.39, 0.29) is 27.3 Å². The number of nitrogens with one attached hydrogen (secondary N) is 1. The number of allylic oxidation sites excluding steroid dienone is 3. The first-order valence-electron chi connectivity index (χ1n) is 11.2. The van der Waals surface area contributed by atoms with Gasteiger partial charge < -0.3 is 9.88 Å². The van der Waals surface area contributed by atoms with Crippen LogP contribution in [0.5, 0.6) is 0 Å². The van der Waals surface area contributed by atoms with E-state index in [1.54, 1.807) is 0 Å². The number of rotatable bonds is 2. The van der Waals surface area contributed by atoms with Gasteiger partial charge in [0, 0.05) is 40.1 Å². The second-order valence-corrected chi connectivity index (χ2v) is 10.5. The fourth-order valence-electron chi connectivity index (χ4n) is 5.52. The number of H-pyrrole nitrogens is 1. The van der Waals surface area contributed by atoms with Crippen molar-refractivity contribution in [3.8, 4) is 0 Å². The Kier molecular flexibility index (Phi) is 4.67. The minimum atomic E-state index is -0.668. The first-order valence-corrected chi connectivity index (χ1v) is 11.9. The number of fused-ring (bicyclic) bond motifs is 2. The summed E-state index contributed by atoms with van der Waals surface area (Å²) in [5.74, 6) is -0.351. The molecule has 170 valence electrons. The second kappa shape index (κ2) is 7.42. The highest BCUT2D eigenvalue weighted by atomic mass is 35.5. The smallest absolute Gasteiger partial charge is 0.192 e. The number of anilines is 1. The molecule has 2 aliphatic carbocycles.